The third-order valence-corrected chi connectivity index (χ3v) is 8.33. The van der Waals surface area contributed by atoms with Gasteiger partial charge in [0.15, 0.2) is 0 Å². The van der Waals surface area contributed by atoms with Gasteiger partial charge in [-0.15, -0.1) is 0 Å². The van der Waals surface area contributed by atoms with Crippen molar-refractivity contribution in [2.45, 2.75) is 65.6 Å². The topological polar surface area (TPSA) is 35.5 Å². The molecule has 0 heterocycles. The van der Waals surface area contributed by atoms with Gasteiger partial charge < -0.3 is 9.16 Å². The van der Waals surface area contributed by atoms with E-state index >= 15 is 0 Å². The molecule has 0 aromatic carbocycles. The van der Waals surface area contributed by atoms with Crippen LogP contribution in [0.1, 0.15) is 47.5 Å². The van der Waals surface area contributed by atoms with Crippen LogP contribution < -0.4 is 0 Å². The highest BCUT2D eigenvalue weighted by Gasteiger charge is 2.28. The molecular formula is C16H30O3Si. The van der Waals surface area contributed by atoms with Crippen LogP contribution in [0.5, 0.6) is 0 Å². The van der Waals surface area contributed by atoms with E-state index in [2.05, 4.69) is 20.8 Å². The van der Waals surface area contributed by atoms with E-state index in [1.807, 2.05) is 32.3 Å². The lowest BCUT2D eigenvalue weighted by molar-refractivity contribution is -0.143. The Morgan fingerprint density at radius 2 is 1.65 bits per heavy atom. The zero-order valence-corrected chi connectivity index (χ0v) is 14.7. The molecule has 0 bridgehead atoms. The van der Waals surface area contributed by atoms with Crippen LogP contribution in [-0.2, 0) is 14.0 Å². The van der Waals surface area contributed by atoms with E-state index in [0.29, 0.717) is 19.4 Å². The van der Waals surface area contributed by atoms with E-state index in [1.165, 1.54) is 0 Å². The van der Waals surface area contributed by atoms with Gasteiger partial charge in [0.05, 0.1) is 12.9 Å². The first-order valence-corrected chi connectivity index (χ1v) is 10.3. The molecule has 0 aliphatic heterocycles. The summed E-state index contributed by atoms with van der Waals surface area (Å²) in [5.74, 6) is -0.138. The molecule has 0 spiro atoms. The van der Waals surface area contributed by atoms with Crippen LogP contribution in [0.15, 0.2) is 24.0 Å². The van der Waals surface area contributed by atoms with E-state index in [9.17, 15) is 4.79 Å². The van der Waals surface area contributed by atoms with Crippen molar-refractivity contribution < 1.29 is 14.0 Å². The highest BCUT2D eigenvalue weighted by molar-refractivity contribution is 6.73. The molecule has 4 heteroatoms. The molecule has 0 rings (SSSR count). The third kappa shape index (κ3) is 6.94. The number of carbonyl (C=O) groups excluding carboxylic acids is 1. The first-order valence-electron chi connectivity index (χ1n) is 7.72. The van der Waals surface area contributed by atoms with Crippen molar-refractivity contribution in [2.24, 2.45) is 0 Å². The first-order chi connectivity index (χ1) is 9.57. The Morgan fingerprint density at radius 3 is 2.10 bits per heavy atom. The maximum atomic E-state index is 11.3. The summed E-state index contributed by atoms with van der Waals surface area (Å²) in [5.41, 5.74) is 1.12. The third-order valence-electron chi connectivity index (χ3n) is 3.83. The number of allylic oxidation sites excluding steroid dienone is 3. The second kappa shape index (κ2) is 10.7. The predicted molar refractivity (Wildman–Crippen MR) is 87.0 cm³/mol. The van der Waals surface area contributed by atoms with Gasteiger partial charge in [0.1, 0.15) is 0 Å². The molecule has 0 N–H and O–H groups in total. The molecule has 20 heavy (non-hydrogen) atoms. The van der Waals surface area contributed by atoms with Gasteiger partial charge >= 0.3 is 5.97 Å². The van der Waals surface area contributed by atoms with Gasteiger partial charge in [-0.05, 0) is 50.0 Å². The van der Waals surface area contributed by atoms with Crippen molar-refractivity contribution in [3.63, 3.8) is 0 Å². The quantitative estimate of drug-likeness (QED) is 0.251. The second-order valence-corrected chi connectivity index (χ2v) is 9.56. The molecule has 3 nitrogen and oxygen atoms in total. The minimum absolute atomic E-state index is 0.138. The fourth-order valence-corrected chi connectivity index (χ4v) is 4.43. The molecule has 0 radical (unpaired) electrons. The van der Waals surface area contributed by atoms with Gasteiger partial charge in [-0.1, -0.05) is 26.8 Å². The zero-order valence-electron chi connectivity index (χ0n) is 13.7. The normalized spacial score (nSPS) is 12.8. The highest BCUT2D eigenvalue weighted by Crippen LogP contribution is 2.22. The Morgan fingerprint density at radius 1 is 1.05 bits per heavy atom. The number of hydrogen-bond acceptors (Lipinski definition) is 3. The van der Waals surface area contributed by atoms with Crippen molar-refractivity contribution in [3.8, 4) is 0 Å². The van der Waals surface area contributed by atoms with Crippen molar-refractivity contribution in [3.05, 3.63) is 24.0 Å². The lowest BCUT2D eigenvalue weighted by Gasteiger charge is -2.26. The molecular weight excluding hydrogens is 268 g/mol. The number of esters is 1. The fourth-order valence-electron chi connectivity index (χ4n) is 2.07. The van der Waals surface area contributed by atoms with E-state index in [4.69, 9.17) is 9.16 Å². The maximum Gasteiger partial charge on any atom is 0.306 e. The summed E-state index contributed by atoms with van der Waals surface area (Å²) in [5, 5.41) is 0. The molecule has 116 valence electrons. The smallest absolute Gasteiger partial charge is 0.306 e. The molecule has 0 saturated heterocycles. The number of hydrogen-bond donors (Lipinski definition) is 0. The summed E-state index contributed by atoms with van der Waals surface area (Å²) in [6.45, 7) is 10.9. The zero-order chi connectivity index (χ0) is 15.4. The molecule has 0 amide bonds. The van der Waals surface area contributed by atoms with Crippen LogP contribution in [0.25, 0.3) is 0 Å². The fraction of sp³-hybridized carbons (Fsp3) is 0.688. The van der Waals surface area contributed by atoms with Gasteiger partial charge in [0.2, 0.25) is 8.32 Å². The number of rotatable bonds is 10. The maximum absolute atomic E-state index is 11.3. The van der Waals surface area contributed by atoms with E-state index in [1.54, 1.807) is 0 Å². The lowest BCUT2D eigenvalue weighted by Crippen LogP contribution is -2.33. The van der Waals surface area contributed by atoms with E-state index < -0.39 is 8.32 Å². The second-order valence-electron chi connectivity index (χ2n) is 4.83. The number of ether oxygens (including phenoxy) is 1. The highest BCUT2D eigenvalue weighted by atomic mass is 28.4. The lowest BCUT2D eigenvalue weighted by atomic mass is 10.1. The summed E-state index contributed by atoms with van der Waals surface area (Å²) in [6.07, 6.45) is 6.97. The van der Waals surface area contributed by atoms with Gasteiger partial charge in [0.25, 0.3) is 0 Å². The molecule has 0 aliphatic rings. The van der Waals surface area contributed by atoms with Crippen LogP contribution in [0.4, 0.5) is 0 Å². The average molecular weight is 298 g/mol. The Labute approximate surface area is 125 Å². The Hall–Kier alpha value is -1.03. The van der Waals surface area contributed by atoms with Crippen LogP contribution in [0.2, 0.25) is 18.1 Å². The summed E-state index contributed by atoms with van der Waals surface area (Å²) in [7, 11) is -1.56. The molecule has 0 fully saturated rings. The minimum Gasteiger partial charge on any atom is -0.549 e. The Bertz CT molecular complexity index is 322. The van der Waals surface area contributed by atoms with Gasteiger partial charge in [-0.25, -0.2) is 0 Å². The van der Waals surface area contributed by atoms with Crippen molar-refractivity contribution >= 4 is 14.3 Å². The summed E-state index contributed by atoms with van der Waals surface area (Å²) in [4.78, 5) is 11.3. The van der Waals surface area contributed by atoms with Gasteiger partial charge in [-0.2, -0.15) is 0 Å². The van der Waals surface area contributed by atoms with Crippen LogP contribution in [0, 0.1) is 0 Å². The van der Waals surface area contributed by atoms with Crippen molar-refractivity contribution in [1.82, 2.24) is 0 Å². The van der Waals surface area contributed by atoms with Crippen molar-refractivity contribution in [1.29, 1.82) is 0 Å². The van der Waals surface area contributed by atoms with Gasteiger partial charge in [-0.3, -0.25) is 4.79 Å². The van der Waals surface area contributed by atoms with E-state index in [0.717, 1.165) is 23.7 Å². The van der Waals surface area contributed by atoms with E-state index in [-0.39, 0.29) is 5.97 Å². The molecule has 0 saturated carbocycles. The molecule has 0 aromatic rings. The number of carbonyl (C=O) groups is 1. The predicted octanol–water partition coefficient (Wildman–Crippen LogP) is 4.81. The van der Waals surface area contributed by atoms with Crippen LogP contribution in [-0.4, -0.2) is 20.9 Å². The summed E-state index contributed by atoms with van der Waals surface area (Å²) < 4.78 is 11.0. The monoisotopic (exact) mass is 298 g/mol. The largest absolute Gasteiger partial charge is 0.549 e. The molecule has 0 aliphatic carbocycles. The van der Waals surface area contributed by atoms with Gasteiger partial charge in [0, 0.05) is 6.42 Å². The minimum atomic E-state index is -1.56. The summed E-state index contributed by atoms with van der Waals surface area (Å²) >= 11 is 0. The molecule has 0 aromatic heterocycles. The average Bonchev–Trinajstić information content (AvgIpc) is 2.47. The Kier molecular flexibility index (Phi) is 10.2. The SMILES string of the molecule is CC=C(C=CO[Si](CC)(CC)CC)CCC(=O)OCC. The Balaban J connectivity index is 4.36. The van der Waals surface area contributed by atoms with Crippen molar-refractivity contribution in [2.75, 3.05) is 6.61 Å². The standard InChI is InChI=1S/C16H30O3Si/c1-6-15(11-12-16(17)18-7-2)13-14-19-20(8-3,9-4)10-5/h6,13-14H,7-12H2,1-5H3. The summed E-state index contributed by atoms with van der Waals surface area (Å²) in [6, 6.07) is 3.41. The first kappa shape index (κ1) is 19.0. The van der Waals surface area contributed by atoms with Crippen LogP contribution >= 0.6 is 0 Å². The molecule has 0 unspecified atom stereocenters. The van der Waals surface area contributed by atoms with Crippen LogP contribution in [0.3, 0.4) is 0 Å². The molecule has 0 atom stereocenters.